The molecule has 1 aromatic heterocycles. The number of amides is 2. The highest BCUT2D eigenvalue weighted by Crippen LogP contribution is 2.43. The van der Waals surface area contributed by atoms with Gasteiger partial charge in [-0.2, -0.15) is 0 Å². The summed E-state index contributed by atoms with van der Waals surface area (Å²) in [5, 5.41) is 0. The van der Waals surface area contributed by atoms with Crippen molar-refractivity contribution in [3.8, 4) is 28.3 Å². The van der Waals surface area contributed by atoms with Crippen molar-refractivity contribution in [2.24, 2.45) is 0 Å². The van der Waals surface area contributed by atoms with Gasteiger partial charge in [-0.15, -0.1) is 0 Å². The molecule has 2 amide bonds. The lowest BCUT2D eigenvalue weighted by atomic mass is 9.95. The Labute approximate surface area is 196 Å². The van der Waals surface area contributed by atoms with Crippen LogP contribution in [-0.2, 0) is 6.42 Å². The van der Waals surface area contributed by atoms with Gasteiger partial charge >= 0.3 is 0 Å². The molecule has 0 saturated carbocycles. The first-order valence-electron chi connectivity index (χ1n) is 11.2. The molecule has 6 nitrogen and oxygen atoms in total. The third kappa shape index (κ3) is 3.10. The lowest BCUT2D eigenvalue weighted by Crippen LogP contribution is -2.33. The Morgan fingerprint density at radius 1 is 0.794 bits per heavy atom. The van der Waals surface area contributed by atoms with Gasteiger partial charge in [-0.1, -0.05) is 54.6 Å². The van der Waals surface area contributed by atoms with Crippen LogP contribution in [0, 0.1) is 0 Å². The minimum Gasteiger partial charge on any atom is -0.480 e. The summed E-state index contributed by atoms with van der Waals surface area (Å²) in [6.45, 7) is 0. The predicted molar refractivity (Wildman–Crippen MR) is 127 cm³/mol. The highest BCUT2D eigenvalue weighted by atomic mass is 16.5. The molecule has 0 bridgehead atoms. The van der Waals surface area contributed by atoms with E-state index in [1.165, 1.54) is 10.5 Å². The molecule has 2 aliphatic rings. The fourth-order valence-corrected chi connectivity index (χ4v) is 5.05. The van der Waals surface area contributed by atoms with Crippen molar-refractivity contribution in [2.45, 2.75) is 18.9 Å². The Bertz CT molecular complexity index is 1390. The topological polar surface area (TPSA) is 72.4 Å². The number of methoxy groups -OCH3 is 1. The van der Waals surface area contributed by atoms with E-state index in [4.69, 9.17) is 4.74 Å². The van der Waals surface area contributed by atoms with Gasteiger partial charge in [0, 0.05) is 5.56 Å². The number of rotatable bonds is 4. The molecule has 0 N–H and O–H groups in total. The summed E-state index contributed by atoms with van der Waals surface area (Å²) in [5.41, 5.74) is 7.20. The van der Waals surface area contributed by atoms with Crippen LogP contribution in [0.5, 0.6) is 5.88 Å². The van der Waals surface area contributed by atoms with E-state index in [9.17, 15) is 9.59 Å². The number of hydrogen-bond donors (Lipinski definition) is 0. The third-order valence-electron chi connectivity index (χ3n) is 6.71. The summed E-state index contributed by atoms with van der Waals surface area (Å²) in [6, 6.07) is 21.2. The van der Waals surface area contributed by atoms with Crippen LogP contribution in [0.4, 0.5) is 0 Å². The Kier molecular flexibility index (Phi) is 4.73. The lowest BCUT2D eigenvalue weighted by molar-refractivity contribution is 0.0582. The molecule has 4 aromatic rings. The van der Waals surface area contributed by atoms with E-state index in [1.807, 2.05) is 24.3 Å². The number of nitrogens with zero attached hydrogens (tertiary/aromatic N) is 3. The molecule has 0 radical (unpaired) electrons. The van der Waals surface area contributed by atoms with Crippen LogP contribution < -0.4 is 4.74 Å². The maximum absolute atomic E-state index is 13.1. The quantitative estimate of drug-likeness (QED) is 0.407. The molecular formula is C28H21N3O3. The summed E-state index contributed by atoms with van der Waals surface area (Å²) >= 11 is 0. The second kappa shape index (κ2) is 7.92. The minimum absolute atomic E-state index is 0.200. The number of imide groups is 1. The molecular weight excluding hydrogens is 426 g/mol. The fraction of sp³-hybridized carbons (Fsp3) is 0.143. The van der Waals surface area contributed by atoms with Crippen LogP contribution in [0.25, 0.3) is 22.4 Å². The molecule has 0 unspecified atom stereocenters. The van der Waals surface area contributed by atoms with Crippen LogP contribution in [0.15, 0.2) is 79.1 Å². The van der Waals surface area contributed by atoms with Crippen molar-refractivity contribution in [1.82, 2.24) is 14.9 Å². The van der Waals surface area contributed by atoms with E-state index in [0.717, 1.165) is 40.8 Å². The summed E-state index contributed by atoms with van der Waals surface area (Å²) in [5.74, 6) is 0.0791. The predicted octanol–water partition coefficient (Wildman–Crippen LogP) is 5.10. The van der Waals surface area contributed by atoms with Crippen molar-refractivity contribution in [3.63, 3.8) is 0 Å². The van der Waals surface area contributed by atoms with Crippen molar-refractivity contribution < 1.29 is 14.3 Å². The number of fused-ring (bicyclic) bond motifs is 2. The fourth-order valence-electron chi connectivity index (χ4n) is 5.05. The number of hydrogen-bond acceptors (Lipinski definition) is 5. The van der Waals surface area contributed by atoms with Crippen LogP contribution >= 0.6 is 0 Å². The maximum atomic E-state index is 13.1. The van der Waals surface area contributed by atoms with Crippen molar-refractivity contribution in [2.75, 3.05) is 7.11 Å². The molecule has 34 heavy (non-hydrogen) atoms. The molecule has 6 heteroatoms. The van der Waals surface area contributed by atoms with Crippen molar-refractivity contribution >= 4 is 11.8 Å². The van der Waals surface area contributed by atoms with E-state index in [2.05, 4.69) is 28.2 Å². The Balaban J connectivity index is 1.32. The number of carbonyl (C=O) groups is 2. The van der Waals surface area contributed by atoms with Gasteiger partial charge in [-0.05, 0) is 47.2 Å². The summed E-state index contributed by atoms with van der Waals surface area (Å²) in [6.07, 6.45) is 4.85. The summed E-state index contributed by atoms with van der Waals surface area (Å²) in [7, 11) is 1.57. The smallest absolute Gasteiger partial charge is 0.262 e. The molecule has 3 aromatic carbocycles. The molecule has 0 spiro atoms. The van der Waals surface area contributed by atoms with Gasteiger partial charge in [0.15, 0.2) is 0 Å². The molecule has 0 fully saturated rings. The number of ether oxygens (including phenoxy) is 1. The van der Waals surface area contributed by atoms with E-state index in [0.29, 0.717) is 17.0 Å². The van der Waals surface area contributed by atoms with Gasteiger partial charge in [0.05, 0.1) is 42.4 Å². The lowest BCUT2D eigenvalue weighted by Gasteiger charge is -2.23. The average Bonchev–Trinajstić information content (AvgIpc) is 3.42. The van der Waals surface area contributed by atoms with Gasteiger partial charge in [-0.3, -0.25) is 14.5 Å². The number of benzene rings is 3. The monoisotopic (exact) mass is 447 g/mol. The first-order valence-corrected chi connectivity index (χ1v) is 11.2. The average molecular weight is 447 g/mol. The highest BCUT2D eigenvalue weighted by molar-refractivity contribution is 6.21. The Morgan fingerprint density at radius 2 is 1.47 bits per heavy atom. The highest BCUT2D eigenvalue weighted by Gasteiger charge is 2.42. The van der Waals surface area contributed by atoms with E-state index < -0.39 is 0 Å². The second-order valence-electron chi connectivity index (χ2n) is 8.48. The van der Waals surface area contributed by atoms with E-state index in [1.54, 1.807) is 43.8 Å². The van der Waals surface area contributed by atoms with E-state index >= 15 is 0 Å². The van der Waals surface area contributed by atoms with Crippen LogP contribution in [0.3, 0.4) is 0 Å². The van der Waals surface area contributed by atoms with Crippen molar-refractivity contribution in [1.29, 1.82) is 0 Å². The standard InChI is InChI=1S/C28H21N3O3/c1-34-26-16-29-24(15-30-26)18-11-9-17(10-12-18)19-7-4-8-21-20(19)13-14-25(21)31-27(32)22-5-2-3-6-23(22)28(31)33/h2-12,15-16,25H,13-14H2,1H3/t25-/m1/s1. The van der Waals surface area contributed by atoms with Gasteiger partial charge < -0.3 is 4.74 Å². The minimum atomic E-state index is -0.240. The molecule has 166 valence electrons. The first kappa shape index (κ1) is 20.3. The molecule has 6 rings (SSSR count). The normalized spacial score (nSPS) is 16.5. The van der Waals surface area contributed by atoms with Gasteiger partial charge in [0.1, 0.15) is 0 Å². The second-order valence-corrected chi connectivity index (χ2v) is 8.48. The molecule has 1 atom stereocenters. The Hall–Kier alpha value is -4.32. The SMILES string of the molecule is COc1cnc(-c2ccc(-c3cccc4c3CC[C@H]4N3C(=O)c4ccccc4C3=O)cc2)cn1. The molecule has 0 saturated heterocycles. The zero-order chi connectivity index (χ0) is 23.2. The third-order valence-corrected chi connectivity index (χ3v) is 6.71. The number of aromatic nitrogens is 2. The largest absolute Gasteiger partial charge is 0.480 e. The van der Waals surface area contributed by atoms with Gasteiger partial charge in [0.25, 0.3) is 11.8 Å². The molecule has 1 aliphatic carbocycles. The van der Waals surface area contributed by atoms with Crippen LogP contribution in [0.1, 0.15) is 44.3 Å². The van der Waals surface area contributed by atoms with Gasteiger partial charge in [0.2, 0.25) is 5.88 Å². The summed E-state index contributed by atoms with van der Waals surface area (Å²) in [4.78, 5) is 36.2. The number of carbonyl (C=O) groups excluding carboxylic acids is 2. The van der Waals surface area contributed by atoms with Crippen molar-refractivity contribution in [3.05, 3.63) is 101 Å². The van der Waals surface area contributed by atoms with Crippen LogP contribution in [0.2, 0.25) is 0 Å². The molecule has 2 heterocycles. The van der Waals surface area contributed by atoms with Crippen LogP contribution in [-0.4, -0.2) is 33.8 Å². The molecule has 1 aliphatic heterocycles. The Morgan fingerprint density at radius 3 is 2.12 bits per heavy atom. The summed E-state index contributed by atoms with van der Waals surface area (Å²) < 4.78 is 5.08. The van der Waals surface area contributed by atoms with Gasteiger partial charge in [-0.25, -0.2) is 9.97 Å². The zero-order valence-electron chi connectivity index (χ0n) is 18.6. The van der Waals surface area contributed by atoms with E-state index in [-0.39, 0.29) is 17.9 Å². The first-order chi connectivity index (χ1) is 16.7. The zero-order valence-corrected chi connectivity index (χ0v) is 18.6. The maximum Gasteiger partial charge on any atom is 0.262 e.